The maximum Gasteiger partial charge on any atom is 0.337 e. The number of hydrogen-bond acceptors (Lipinski definition) is 6. The predicted octanol–water partition coefficient (Wildman–Crippen LogP) is 4.77. The number of esters is 1. The molecule has 5 rings (SSSR count). The summed E-state index contributed by atoms with van der Waals surface area (Å²) < 4.78 is 31.8. The van der Waals surface area contributed by atoms with Crippen LogP contribution in [0.2, 0.25) is 0 Å². The number of carbonyl (C=O) groups is 2. The number of rotatable bonds is 7. The normalized spacial score (nSPS) is 27.5. The molecular weight excluding hydrogens is 449 g/mol. The molecule has 2 saturated heterocycles. The fraction of sp³-hybridized carbons (Fsp3) is 0.500. The molecule has 2 aliphatic heterocycles. The lowest BCUT2D eigenvalue weighted by Gasteiger charge is -2.43. The Hall–Kier alpha value is -2.93. The summed E-state index contributed by atoms with van der Waals surface area (Å²) in [6.07, 6.45) is 3.67. The summed E-state index contributed by atoms with van der Waals surface area (Å²) >= 11 is 0. The van der Waals surface area contributed by atoms with E-state index in [0.717, 1.165) is 30.5 Å². The van der Waals surface area contributed by atoms with Crippen molar-refractivity contribution in [3.63, 3.8) is 0 Å². The largest absolute Gasteiger partial charge is 0.493 e. The first-order valence-corrected chi connectivity index (χ1v) is 12.2. The first-order valence-electron chi connectivity index (χ1n) is 12.2. The molecule has 2 fully saturated rings. The van der Waals surface area contributed by atoms with E-state index in [0.29, 0.717) is 41.9 Å². The van der Waals surface area contributed by atoms with Crippen molar-refractivity contribution < 1.29 is 28.2 Å². The summed E-state index contributed by atoms with van der Waals surface area (Å²) in [6, 6.07) is 11.4. The van der Waals surface area contributed by atoms with E-state index in [1.54, 1.807) is 32.4 Å². The number of methoxy groups -OCH3 is 3. The summed E-state index contributed by atoms with van der Waals surface area (Å²) in [6.45, 7) is 0.736. The quantitative estimate of drug-likeness (QED) is 0.531. The molecule has 2 bridgehead atoms. The molecule has 0 amide bonds. The van der Waals surface area contributed by atoms with Gasteiger partial charge in [0.15, 0.2) is 17.3 Å². The van der Waals surface area contributed by atoms with Crippen LogP contribution in [0.4, 0.5) is 4.39 Å². The lowest BCUT2D eigenvalue weighted by atomic mass is 9.79. The van der Waals surface area contributed by atoms with E-state index < -0.39 is 5.67 Å². The topological polar surface area (TPSA) is 65.1 Å². The first-order chi connectivity index (χ1) is 16.8. The summed E-state index contributed by atoms with van der Waals surface area (Å²) in [4.78, 5) is 27.3. The van der Waals surface area contributed by atoms with Crippen LogP contribution in [0, 0.1) is 5.92 Å². The molecule has 0 spiro atoms. The third-order valence-electron chi connectivity index (χ3n) is 8.04. The number of benzene rings is 2. The number of nitrogens with zero attached hydrogens (tertiary/aromatic N) is 1. The highest BCUT2D eigenvalue weighted by molar-refractivity contribution is 6.03. The highest BCUT2D eigenvalue weighted by Gasteiger charge is 2.50. The van der Waals surface area contributed by atoms with Gasteiger partial charge in [0, 0.05) is 30.1 Å². The Balaban J connectivity index is 1.25. The summed E-state index contributed by atoms with van der Waals surface area (Å²) in [7, 11) is 4.50. The minimum Gasteiger partial charge on any atom is -0.493 e. The van der Waals surface area contributed by atoms with Crippen LogP contribution < -0.4 is 9.47 Å². The van der Waals surface area contributed by atoms with Gasteiger partial charge < -0.3 is 14.2 Å². The summed E-state index contributed by atoms with van der Waals surface area (Å²) in [5.41, 5.74) is 1.83. The fourth-order valence-corrected chi connectivity index (χ4v) is 6.38. The van der Waals surface area contributed by atoms with Crippen LogP contribution in [-0.2, 0) is 17.7 Å². The number of Topliss-reactive ketones (excluding diaryl/α,β-unsaturated/α-hetero) is 1. The van der Waals surface area contributed by atoms with Gasteiger partial charge in [0.1, 0.15) is 5.67 Å². The number of carbonyl (C=O) groups excluding carboxylic acids is 2. The predicted molar refractivity (Wildman–Crippen MR) is 129 cm³/mol. The lowest BCUT2D eigenvalue weighted by molar-refractivity contribution is -0.00653. The van der Waals surface area contributed by atoms with Crippen molar-refractivity contribution in [3.8, 4) is 11.5 Å². The highest BCUT2D eigenvalue weighted by atomic mass is 19.1. The Kier molecular flexibility index (Phi) is 6.30. The van der Waals surface area contributed by atoms with E-state index in [2.05, 4.69) is 4.90 Å². The molecule has 2 aromatic carbocycles. The monoisotopic (exact) mass is 481 g/mol. The van der Waals surface area contributed by atoms with Gasteiger partial charge >= 0.3 is 5.97 Å². The standard InChI is InChI=1S/C28H32FNO5/c1-33-24-11-19-10-20(26(31)23(19)12-25(24)34-2)13-28(29)14-21-8-9-22(15-28)30(21)16-17-4-6-18(7-5-17)27(32)35-3/h4-7,11-12,20-22H,8-10,13-16H2,1-3H3. The van der Waals surface area contributed by atoms with Crippen molar-refractivity contribution in [2.24, 2.45) is 5.92 Å². The average Bonchev–Trinajstić information content (AvgIpc) is 3.29. The number of alkyl halides is 1. The number of halogens is 1. The van der Waals surface area contributed by atoms with E-state index in [1.807, 2.05) is 18.2 Å². The number of ketones is 1. The zero-order valence-electron chi connectivity index (χ0n) is 20.5. The van der Waals surface area contributed by atoms with Crippen LogP contribution >= 0.6 is 0 Å². The van der Waals surface area contributed by atoms with Crippen molar-refractivity contribution in [2.75, 3.05) is 21.3 Å². The molecule has 7 heteroatoms. The maximum absolute atomic E-state index is 16.3. The van der Waals surface area contributed by atoms with Crippen LogP contribution in [0.1, 0.15) is 63.9 Å². The van der Waals surface area contributed by atoms with Crippen LogP contribution in [0.5, 0.6) is 11.5 Å². The number of hydrogen-bond donors (Lipinski definition) is 0. The zero-order chi connectivity index (χ0) is 24.7. The Morgan fingerprint density at radius 2 is 1.66 bits per heavy atom. The molecule has 3 atom stereocenters. The molecule has 1 aliphatic carbocycles. The van der Waals surface area contributed by atoms with E-state index in [9.17, 15) is 9.59 Å². The molecule has 3 unspecified atom stereocenters. The third-order valence-corrected chi connectivity index (χ3v) is 8.04. The Labute approximate surface area is 205 Å². The van der Waals surface area contributed by atoms with Gasteiger partial charge in [0.25, 0.3) is 0 Å². The molecule has 0 aromatic heterocycles. The van der Waals surface area contributed by atoms with Crippen LogP contribution in [0.25, 0.3) is 0 Å². The third kappa shape index (κ3) is 4.42. The second kappa shape index (κ2) is 9.26. The Morgan fingerprint density at radius 1 is 1.03 bits per heavy atom. The minimum absolute atomic E-state index is 0.0125. The van der Waals surface area contributed by atoms with Crippen molar-refractivity contribution in [2.45, 2.75) is 62.8 Å². The molecule has 0 saturated carbocycles. The molecule has 3 aliphatic rings. The number of piperidine rings is 1. The van der Waals surface area contributed by atoms with Gasteiger partial charge in [-0.05, 0) is 73.9 Å². The van der Waals surface area contributed by atoms with Gasteiger partial charge in [-0.15, -0.1) is 0 Å². The molecule has 0 radical (unpaired) electrons. The highest BCUT2D eigenvalue weighted by Crippen LogP contribution is 2.48. The van der Waals surface area contributed by atoms with Crippen LogP contribution in [0.3, 0.4) is 0 Å². The lowest BCUT2D eigenvalue weighted by Crippen LogP contribution is -2.49. The number of fused-ring (bicyclic) bond motifs is 3. The van der Waals surface area contributed by atoms with Crippen molar-refractivity contribution in [3.05, 3.63) is 58.7 Å². The van der Waals surface area contributed by atoms with E-state index in [-0.39, 0.29) is 36.2 Å². The van der Waals surface area contributed by atoms with Gasteiger partial charge in [0.05, 0.1) is 26.9 Å². The molecule has 186 valence electrons. The molecule has 6 nitrogen and oxygen atoms in total. The smallest absolute Gasteiger partial charge is 0.337 e. The molecular formula is C28H32FNO5. The second-order valence-electron chi connectivity index (χ2n) is 10.1. The summed E-state index contributed by atoms with van der Waals surface area (Å²) in [5.74, 6) is 0.446. The van der Waals surface area contributed by atoms with Crippen LogP contribution in [0.15, 0.2) is 36.4 Å². The van der Waals surface area contributed by atoms with E-state index >= 15 is 4.39 Å². The van der Waals surface area contributed by atoms with Gasteiger partial charge in [-0.3, -0.25) is 9.69 Å². The molecule has 35 heavy (non-hydrogen) atoms. The Morgan fingerprint density at radius 3 is 2.26 bits per heavy atom. The minimum atomic E-state index is -1.34. The van der Waals surface area contributed by atoms with Crippen molar-refractivity contribution in [1.82, 2.24) is 4.90 Å². The molecule has 0 N–H and O–H groups in total. The second-order valence-corrected chi connectivity index (χ2v) is 10.1. The van der Waals surface area contributed by atoms with Crippen LogP contribution in [-0.4, -0.2) is 55.7 Å². The Bertz CT molecular complexity index is 1120. The van der Waals surface area contributed by atoms with Gasteiger partial charge in [-0.25, -0.2) is 9.18 Å². The van der Waals surface area contributed by atoms with Gasteiger partial charge in [-0.1, -0.05) is 12.1 Å². The van der Waals surface area contributed by atoms with Gasteiger partial charge in [-0.2, -0.15) is 0 Å². The zero-order valence-corrected chi connectivity index (χ0v) is 20.5. The van der Waals surface area contributed by atoms with Crippen molar-refractivity contribution >= 4 is 11.8 Å². The van der Waals surface area contributed by atoms with Gasteiger partial charge in [0.2, 0.25) is 0 Å². The van der Waals surface area contributed by atoms with E-state index in [1.165, 1.54) is 7.11 Å². The molecule has 2 aromatic rings. The maximum atomic E-state index is 16.3. The molecule has 2 heterocycles. The average molecular weight is 482 g/mol. The van der Waals surface area contributed by atoms with Crippen molar-refractivity contribution in [1.29, 1.82) is 0 Å². The number of ether oxygens (including phenoxy) is 3. The first kappa shape index (κ1) is 23.8. The summed E-state index contributed by atoms with van der Waals surface area (Å²) in [5, 5.41) is 0. The fourth-order valence-electron chi connectivity index (χ4n) is 6.38. The SMILES string of the molecule is COC(=O)c1ccc(CN2C3CCC2CC(F)(CC2Cc4cc(OC)c(OC)cc4C2=O)C3)cc1. The van der Waals surface area contributed by atoms with E-state index in [4.69, 9.17) is 14.2 Å².